The maximum atomic E-state index is 11.4. The summed E-state index contributed by atoms with van der Waals surface area (Å²) in [5, 5.41) is 3.19. The predicted molar refractivity (Wildman–Crippen MR) is 75.0 cm³/mol. The summed E-state index contributed by atoms with van der Waals surface area (Å²) >= 11 is 11.5. The first-order chi connectivity index (χ1) is 7.22. The van der Waals surface area contributed by atoms with Crippen molar-refractivity contribution in [1.29, 1.82) is 0 Å². The number of alkyl halides is 2. The molecule has 0 bridgehead atoms. The van der Waals surface area contributed by atoms with Crippen molar-refractivity contribution < 1.29 is 13.2 Å². The van der Waals surface area contributed by atoms with Gasteiger partial charge in [-0.1, -0.05) is 31.9 Å². The maximum Gasteiger partial charge on any atom is 0.257 e. The molecule has 0 saturated carbocycles. The minimum atomic E-state index is -2.93. The van der Waals surface area contributed by atoms with Crippen LogP contribution < -0.4 is 5.32 Å². The summed E-state index contributed by atoms with van der Waals surface area (Å²) < 4.78 is 28.0. The molecule has 1 fully saturated rings. The second-order valence-electron chi connectivity index (χ2n) is 4.02. The van der Waals surface area contributed by atoms with Crippen LogP contribution in [0.15, 0.2) is 0 Å². The summed E-state index contributed by atoms with van der Waals surface area (Å²) in [4.78, 5) is 0. The first-order valence-electron chi connectivity index (χ1n) is 4.66. The summed E-state index contributed by atoms with van der Waals surface area (Å²) in [7, 11) is -2.93. The first-order valence-corrected chi connectivity index (χ1v) is 8.72. The van der Waals surface area contributed by atoms with Crippen molar-refractivity contribution in [2.75, 3.05) is 18.1 Å². The largest absolute Gasteiger partial charge is 0.469 e. The first kappa shape index (κ1) is 14.7. The van der Waals surface area contributed by atoms with Crippen molar-refractivity contribution in [3.63, 3.8) is 0 Å². The van der Waals surface area contributed by atoms with E-state index in [0.29, 0.717) is 13.0 Å². The Morgan fingerprint density at radius 3 is 2.69 bits per heavy atom. The molecule has 1 heterocycles. The highest BCUT2D eigenvalue weighted by Crippen LogP contribution is 2.23. The third kappa shape index (κ3) is 4.85. The Hall–Kier alpha value is 0.600. The number of ether oxygens (including phenoxy) is 1. The summed E-state index contributed by atoms with van der Waals surface area (Å²) in [5.41, 5.74) is -0.496. The van der Waals surface area contributed by atoms with E-state index < -0.39 is 15.4 Å². The van der Waals surface area contributed by atoms with Crippen molar-refractivity contribution in [1.82, 2.24) is 5.32 Å². The molecule has 0 spiro atoms. The fourth-order valence-electron chi connectivity index (χ4n) is 1.53. The van der Waals surface area contributed by atoms with E-state index in [1.54, 1.807) is 0 Å². The minimum absolute atomic E-state index is 0.0277. The Labute approximate surface area is 118 Å². The molecule has 0 aromatic heterocycles. The highest BCUT2D eigenvalue weighted by Gasteiger charge is 2.39. The van der Waals surface area contributed by atoms with E-state index in [1.165, 1.54) is 0 Å². The van der Waals surface area contributed by atoms with Gasteiger partial charge in [-0.3, -0.25) is 0 Å². The minimum Gasteiger partial charge on any atom is -0.469 e. The lowest BCUT2D eigenvalue weighted by molar-refractivity contribution is 0.300. The zero-order chi connectivity index (χ0) is 12.4. The Morgan fingerprint density at radius 2 is 2.25 bits per heavy atom. The number of hydrogen-bond donors (Lipinski definition) is 1. The van der Waals surface area contributed by atoms with Crippen LogP contribution in [0.3, 0.4) is 0 Å². The number of thiocarbonyl (C=S) groups is 1. The van der Waals surface area contributed by atoms with Gasteiger partial charge in [-0.15, -0.1) is 0 Å². The summed E-state index contributed by atoms with van der Waals surface area (Å²) in [6, 6.07) is 0. The van der Waals surface area contributed by atoms with E-state index in [1.807, 2.05) is 6.92 Å². The normalized spacial score (nSPS) is 28.0. The highest BCUT2D eigenvalue weighted by molar-refractivity contribution is 9.24. The molecule has 0 aliphatic carbocycles. The van der Waals surface area contributed by atoms with E-state index in [9.17, 15) is 8.42 Å². The summed E-state index contributed by atoms with van der Waals surface area (Å²) in [6.45, 7) is 2.22. The predicted octanol–water partition coefficient (Wildman–Crippen LogP) is 1.57. The highest BCUT2D eigenvalue weighted by atomic mass is 79.9. The van der Waals surface area contributed by atoms with Crippen molar-refractivity contribution in [2.45, 2.75) is 22.6 Å². The van der Waals surface area contributed by atoms with Crippen LogP contribution in [0.4, 0.5) is 0 Å². The molecule has 0 amide bonds. The van der Waals surface area contributed by atoms with Crippen LogP contribution in [0.2, 0.25) is 0 Å². The monoisotopic (exact) mass is 393 g/mol. The lowest BCUT2D eigenvalue weighted by atomic mass is 10.0. The topological polar surface area (TPSA) is 55.4 Å². The van der Waals surface area contributed by atoms with E-state index in [2.05, 4.69) is 37.2 Å². The Kier molecular flexibility index (Phi) is 5.03. The van der Waals surface area contributed by atoms with Gasteiger partial charge in [-0.05, 0) is 25.6 Å². The third-order valence-electron chi connectivity index (χ3n) is 2.25. The van der Waals surface area contributed by atoms with Crippen LogP contribution in [0.25, 0.3) is 0 Å². The van der Waals surface area contributed by atoms with Gasteiger partial charge in [-0.25, -0.2) is 8.42 Å². The molecule has 1 aliphatic rings. The molecule has 94 valence electrons. The van der Waals surface area contributed by atoms with Gasteiger partial charge in [0.2, 0.25) is 0 Å². The molecular formula is C8H13Br2NO3S2. The van der Waals surface area contributed by atoms with Gasteiger partial charge in [0.05, 0.1) is 17.0 Å². The van der Waals surface area contributed by atoms with Gasteiger partial charge < -0.3 is 10.1 Å². The molecule has 0 unspecified atom stereocenters. The van der Waals surface area contributed by atoms with Crippen molar-refractivity contribution in [3.05, 3.63) is 0 Å². The lowest BCUT2D eigenvalue weighted by Crippen LogP contribution is -2.47. The van der Waals surface area contributed by atoms with Gasteiger partial charge in [0, 0.05) is 0 Å². The molecule has 1 atom stereocenters. The van der Waals surface area contributed by atoms with Crippen LogP contribution in [-0.4, -0.2) is 41.0 Å². The summed E-state index contributed by atoms with van der Waals surface area (Å²) in [6.07, 6.45) is 0.560. The van der Waals surface area contributed by atoms with Crippen molar-refractivity contribution in [2.24, 2.45) is 0 Å². The fourth-order valence-corrected chi connectivity index (χ4v) is 4.20. The zero-order valence-electron chi connectivity index (χ0n) is 8.70. The average Bonchev–Trinajstić information content (AvgIpc) is 2.37. The Balaban J connectivity index is 2.45. The molecule has 1 saturated heterocycles. The molecule has 0 radical (unpaired) electrons. The smallest absolute Gasteiger partial charge is 0.257 e. The van der Waals surface area contributed by atoms with Gasteiger partial charge in [0.15, 0.2) is 9.84 Å². The molecule has 1 rings (SSSR count). The van der Waals surface area contributed by atoms with E-state index in [4.69, 9.17) is 17.0 Å². The second kappa shape index (κ2) is 5.49. The Bertz CT molecular complexity index is 371. The zero-order valence-corrected chi connectivity index (χ0v) is 13.5. The number of rotatable bonds is 3. The maximum absolute atomic E-state index is 11.4. The van der Waals surface area contributed by atoms with Gasteiger partial charge in [0.25, 0.3) is 5.17 Å². The van der Waals surface area contributed by atoms with Crippen molar-refractivity contribution in [3.8, 4) is 0 Å². The molecule has 1 N–H and O–H groups in total. The molecule has 4 nitrogen and oxygen atoms in total. The standard InChI is InChI=1S/C8H13Br2NO3S2/c1-8(2-3-16(12,13)5-8)11-7(15)14-4-6(9)10/h6H,2-5H2,1H3,(H,11,15)/t8-/m1/s1. The van der Waals surface area contributed by atoms with Crippen LogP contribution in [0, 0.1) is 0 Å². The molecule has 0 aromatic rings. The van der Waals surface area contributed by atoms with Crippen LogP contribution >= 0.6 is 44.1 Å². The second-order valence-corrected chi connectivity index (χ2v) is 10.0. The third-order valence-corrected chi connectivity index (χ3v) is 4.90. The number of nitrogens with one attached hydrogen (secondary N) is 1. The summed E-state index contributed by atoms with van der Waals surface area (Å²) in [5.74, 6) is 0.314. The van der Waals surface area contributed by atoms with E-state index in [0.717, 1.165) is 0 Å². The molecule has 8 heteroatoms. The SMILES string of the molecule is C[C@@]1(NC(=S)OCC(Br)Br)CCS(=O)(=O)C1. The number of sulfone groups is 1. The van der Waals surface area contributed by atoms with Gasteiger partial charge in [0.1, 0.15) is 10.3 Å². The quantitative estimate of drug-likeness (QED) is 0.581. The molecular weight excluding hydrogens is 382 g/mol. The van der Waals surface area contributed by atoms with Crippen LogP contribution in [0.1, 0.15) is 13.3 Å². The van der Waals surface area contributed by atoms with Gasteiger partial charge >= 0.3 is 0 Å². The molecule has 0 aromatic carbocycles. The van der Waals surface area contributed by atoms with Crippen molar-refractivity contribution >= 4 is 59.1 Å². The van der Waals surface area contributed by atoms with E-state index >= 15 is 0 Å². The van der Waals surface area contributed by atoms with Gasteiger partial charge in [-0.2, -0.15) is 0 Å². The molecule has 1 aliphatic heterocycles. The lowest BCUT2D eigenvalue weighted by Gasteiger charge is -2.25. The average molecular weight is 395 g/mol. The van der Waals surface area contributed by atoms with Crippen LogP contribution in [-0.2, 0) is 14.6 Å². The Morgan fingerprint density at radius 1 is 1.62 bits per heavy atom. The van der Waals surface area contributed by atoms with Crippen LogP contribution in [0.5, 0.6) is 0 Å². The number of halogens is 2. The van der Waals surface area contributed by atoms with E-state index in [-0.39, 0.29) is 20.4 Å². The number of hydrogen-bond acceptors (Lipinski definition) is 4. The fraction of sp³-hybridized carbons (Fsp3) is 0.875. The molecule has 16 heavy (non-hydrogen) atoms.